The standard InChI is InChI=1S/C18H23NO3S/c1-17(2,3)15-11-18(8-9-19(15)16(21)22)10-13(20)12-6-4-5-7-14(12)23-18/h4-7,15H,8-11H2,1-3H3,(H,21,22). The molecule has 0 aliphatic carbocycles. The minimum absolute atomic E-state index is 0.0701. The molecule has 1 amide bonds. The lowest BCUT2D eigenvalue weighted by Gasteiger charge is -2.50. The Kier molecular flexibility index (Phi) is 3.95. The molecular formula is C18H23NO3S. The highest BCUT2D eigenvalue weighted by molar-refractivity contribution is 8.01. The normalized spacial score (nSPS) is 27.9. The molecule has 2 atom stereocenters. The van der Waals surface area contributed by atoms with Crippen molar-refractivity contribution >= 4 is 23.6 Å². The number of likely N-dealkylation sites (tertiary alicyclic amines) is 1. The lowest BCUT2D eigenvalue weighted by atomic mass is 9.75. The quantitative estimate of drug-likeness (QED) is 0.769. The molecule has 2 unspecified atom stereocenters. The predicted octanol–water partition coefficient (Wildman–Crippen LogP) is 4.29. The zero-order valence-corrected chi connectivity index (χ0v) is 14.7. The smallest absolute Gasteiger partial charge is 0.407 e. The molecule has 0 aromatic heterocycles. The fourth-order valence-corrected chi connectivity index (χ4v) is 5.29. The van der Waals surface area contributed by atoms with E-state index in [1.54, 1.807) is 16.7 Å². The molecule has 0 saturated carbocycles. The summed E-state index contributed by atoms with van der Waals surface area (Å²) in [7, 11) is 0. The van der Waals surface area contributed by atoms with Crippen LogP contribution in [0.2, 0.25) is 0 Å². The van der Waals surface area contributed by atoms with Crippen molar-refractivity contribution < 1.29 is 14.7 Å². The van der Waals surface area contributed by atoms with E-state index in [1.807, 2.05) is 24.3 Å². The largest absolute Gasteiger partial charge is 0.465 e. The number of hydrogen-bond acceptors (Lipinski definition) is 3. The molecule has 0 bridgehead atoms. The molecule has 5 heteroatoms. The van der Waals surface area contributed by atoms with Gasteiger partial charge in [-0.3, -0.25) is 4.79 Å². The number of hydrogen-bond donors (Lipinski definition) is 1. The number of carbonyl (C=O) groups is 2. The van der Waals surface area contributed by atoms with Gasteiger partial charge in [0.15, 0.2) is 5.78 Å². The van der Waals surface area contributed by atoms with E-state index >= 15 is 0 Å². The second kappa shape index (κ2) is 5.55. The van der Waals surface area contributed by atoms with Gasteiger partial charge in [-0.15, -0.1) is 11.8 Å². The van der Waals surface area contributed by atoms with Crippen LogP contribution in [0.15, 0.2) is 29.2 Å². The first kappa shape index (κ1) is 16.4. The number of carbonyl (C=O) groups excluding carboxylic acids is 1. The van der Waals surface area contributed by atoms with E-state index in [9.17, 15) is 14.7 Å². The minimum atomic E-state index is -0.854. The summed E-state index contributed by atoms with van der Waals surface area (Å²) in [6, 6.07) is 7.70. The molecule has 3 rings (SSSR count). The van der Waals surface area contributed by atoms with Crippen LogP contribution >= 0.6 is 11.8 Å². The van der Waals surface area contributed by atoms with Gasteiger partial charge in [0.1, 0.15) is 0 Å². The first-order valence-electron chi connectivity index (χ1n) is 8.03. The van der Waals surface area contributed by atoms with Gasteiger partial charge in [-0.25, -0.2) is 4.79 Å². The minimum Gasteiger partial charge on any atom is -0.465 e. The first-order chi connectivity index (χ1) is 10.7. The van der Waals surface area contributed by atoms with Crippen molar-refractivity contribution in [3.8, 4) is 0 Å². The van der Waals surface area contributed by atoms with E-state index in [0.29, 0.717) is 13.0 Å². The van der Waals surface area contributed by atoms with Crippen LogP contribution in [0, 0.1) is 5.41 Å². The van der Waals surface area contributed by atoms with E-state index in [2.05, 4.69) is 20.8 Å². The number of carboxylic acid groups (broad SMARTS) is 1. The Morgan fingerprint density at radius 3 is 2.70 bits per heavy atom. The van der Waals surface area contributed by atoms with Gasteiger partial charge in [-0.05, 0) is 24.3 Å². The van der Waals surface area contributed by atoms with Gasteiger partial charge in [0.25, 0.3) is 0 Å². The maximum atomic E-state index is 12.6. The highest BCUT2D eigenvalue weighted by atomic mass is 32.2. The maximum absolute atomic E-state index is 12.6. The summed E-state index contributed by atoms with van der Waals surface area (Å²) < 4.78 is -0.171. The first-order valence-corrected chi connectivity index (χ1v) is 8.84. The summed E-state index contributed by atoms with van der Waals surface area (Å²) in [4.78, 5) is 26.8. The third-order valence-corrected chi connectivity index (χ3v) is 6.52. The number of benzene rings is 1. The van der Waals surface area contributed by atoms with Crippen LogP contribution in [-0.4, -0.2) is 39.2 Å². The maximum Gasteiger partial charge on any atom is 0.407 e. The van der Waals surface area contributed by atoms with Gasteiger partial charge >= 0.3 is 6.09 Å². The molecule has 1 fully saturated rings. The molecule has 2 aliphatic rings. The van der Waals surface area contributed by atoms with Gasteiger partial charge < -0.3 is 10.0 Å². The number of rotatable bonds is 0. The highest BCUT2D eigenvalue weighted by Crippen LogP contribution is 2.52. The van der Waals surface area contributed by atoms with Gasteiger partial charge in [0, 0.05) is 34.2 Å². The number of piperidine rings is 1. The lowest BCUT2D eigenvalue weighted by molar-refractivity contribution is 0.0454. The van der Waals surface area contributed by atoms with Crippen LogP contribution in [0.25, 0.3) is 0 Å². The molecule has 1 aromatic carbocycles. The highest BCUT2D eigenvalue weighted by Gasteiger charge is 2.49. The van der Waals surface area contributed by atoms with Gasteiger partial charge in [0.2, 0.25) is 0 Å². The van der Waals surface area contributed by atoms with Crippen molar-refractivity contribution in [3.63, 3.8) is 0 Å². The number of thioether (sulfide) groups is 1. The molecule has 1 spiro atoms. The number of amides is 1. The predicted molar refractivity (Wildman–Crippen MR) is 91.2 cm³/mol. The topological polar surface area (TPSA) is 57.6 Å². The summed E-state index contributed by atoms with van der Waals surface area (Å²) >= 11 is 1.78. The van der Waals surface area contributed by atoms with E-state index in [4.69, 9.17) is 0 Å². The Balaban J connectivity index is 1.93. The zero-order chi connectivity index (χ0) is 16.8. The van der Waals surface area contributed by atoms with E-state index in [-0.39, 0.29) is 22.0 Å². The number of ketones is 1. The van der Waals surface area contributed by atoms with Crippen molar-refractivity contribution in [2.24, 2.45) is 5.41 Å². The molecule has 2 aliphatic heterocycles. The van der Waals surface area contributed by atoms with Crippen LogP contribution < -0.4 is 0 Å². The van der Waals surface area contributed by atoms with Gasteiger partial charge in [-0.2, -0.15) is 0 Å². The zero-order valence-electron chi connectivity index (χ0n) is 13.8. The van der Waals surface area contributed by atoms with Crippen molar-refractivity contribution in [3.05, 3.63) is 29.8 Å². The molecule has 23 heavy (non-hydrogen) atoms. The third-order valence-electron chi connectivity index (χ3n) is 4.99. The van der Waals surface area contributed by atoms with Crippen LogP contribution in [0.1, 0.15) is 50.4 Å². The molecule has 4 nitrogen and oxygen atoms in total. The number of nitrogens with zero attached hydrogens (tertiary/aromatic N) is 1. The Hall–Kier alpha value is -1.49. The molecule has 1 saturated heterocycles. The third kappa shape index (κ3) is 2.99. The second-order valence-corrected chi connectivity index (χ2v) is 9.20. The van der Waals surface area contributed by atoms with E-state index < -0.39 is 6.09 Å². The van der Waals surface area contributed by atoms with Crippen molar-refractivity contribution in [2.45, 2.75) is 55.7 Å². The summed E-state index contributed by atoms with van der Waals surface area (Å²) in [5.74, 6) is 0.191. The average molecular weight is 333 g/mol. The second-order valence-electron chi connectivity index (χ2n) is 7.69. The number of fused-ring (bicyclic) bond motifs is 1. The van der Waals surface area contributed by atoms with Crippen LogP contribution in [0.5, 0.6) is 0 Å². The summed E-state index contributed by atoms with van der Waals surface area (Å²) in [6.07, 6.45) is 1.12. The van der Waals surface area contributed by atoms with Crippen LogP contribution in [0.4, 0.5) is 4.79 Å². The number of Topliss-reactive ketones (excluding diaryl/α,β-unsaturated/α-hetero) is 1. The molecule has 0 radical (unpaired) electrons. The average Bonchev–Trinajstić information content (AvgIpc) is 2.46. The summed E-state index contributed by atoms with van der Waals surface area (Å²) in [5.41, 5.74) is 0.669. The molecular weight excluding hydrogens is 310 g/mol. The molecule has 1 N–H and O–H groups in total. The van der Waals surface area contributed by atoms with Gasteiger partial charge in [0.05, 0.1) is 0 Å². The summed E-state index contributed by atoms with van der Waals surface area (Å²) in [6.45, 7) is 6.74. The monoisotopic (exact) mass is 333 g/mol. The van der Waals surface area contributed by atoms with Crippen molar-refractivity contribution in [1.82, 2.24) is 4.90 Å². The fourth-order valence-electron chi connectivity index (χ4n) is 3.74. The van der Waals surface area contributed by atoms with E-state index in [0.717, 1.165) is 23.3 Å². The van der Waals surface area contributed by atoms with Crippen LogP contribution in [0.3, 0.4) is 0 Å². The Bertz CT molecular complexity index is 652. The lowest BCUT2D eigenvalue weighted by Crippen LogP contribution is -2.56. The Labute approximate surface area is 141 Å². The Morgan fingerprint density at radius 2 is 2.04 bits per heavy atom. The summed E-state index contributed by atoms with van der Waals surface area (Å²) in [5, 5.41) is 9.52. The SMILES string of the molecule is CC(C)(C)C1CC2(CCN1C(=O)O)CC(=O)c1ccccc1S2. The molecule has 1 aromatic rings. The van der Waals surface area contributed by atoms with E-state index in [1.165, 1.54) is 0 Å². The van der Waals surface area contributed by atoms with Crippen molar-refractivity contribution in [1.29, 1.82) is 0 Å². The molecule has 2 heterocycles. The Morgan fingerprint density at radius 1 is 1.35 bits per heavy atom. The fraction of sp³-hybridized carbons (Fsp3) is 0.556. The van der Waals surface area contributed by atoms with Crippen LogP contribution in [-0.2, 0) is 0 Å². The van der Waals surface area contributed by atoms with Crippen molar-refractivity contribution in [2.75, 3.05) is 6.54 Å². The van der Waals surface area contributed by atoms with Gasteiger partial charge in [-0.1, -0.05) is 39.0 Å². The molecule has 124 valence electrons.